The van der Waals surface area contributed by atoms with Crippen LogP contribution in [0.25, 0.3) is 0 Å². The van der Waals surface area contributed by atoms with Crippen LogP contribution in [0.5, 0.6) is 0 Å². The van der Waals surface area contributed by atoms with E-state index in [9.17, 15) is 4.79 Å². The van der Waals surface area contributed by atoms with Crippen molar-refractivity contribution in [1.29, 1.82) is 0 Å². The summed E-state index contributed by atoms with van der Waals surface area (Å²) >= 11 is 0. The van der Waals surface area contributed by atoms with Crippen molar-refractivity contribution in [1.82, 2.24) is 0 Å². The van der Waals surface area contributed by atoms with E-state index < -0.39 is 0 Å². The van der Waals surface area contributed by atoms with Crippen molar-refractivity contribution in [2.75, 3.05) is 0 Å². The molecule has 0 heterocycles. The van der Waals surface area contributed by atoms with E-state index in [0.29, 0.717) is 0 Å². The molecule has 0 spiro atoms. The number of aryl methyl sites for hydroxylation is 2. The highest BCUT2D eigenvalue weighted by Crippen LogP contribution is 2.15. The van der Waals surface area contributed by atoms with Crippen LogP contribution >= 0.6 is 0 Å². The van der Waals surface area contributed by atoms with E-state index in [4.69, 9.17) is 0 Å². The average molecular weight is 176 g/mol. The Morgan fingerprint density at radius 1 is 1.31 bits per heavy atom. The number of hydrogen-bond acceptors (Lipinski definition) is 1. The molecule has 0 amide bonds. The van der Waals surface area contributed by atoms with Crippen LogP contribution < -0.4 is 0 Å². The van der Waals surface area contributed by atoms with Crippen molar-refractivity contribution >= 4 is 6.29 Å². The van der Waals surface area contributed by atoms with Gasteiger partial charge >= 0.3 is 0 Å². The van der Waals surface area contributed by atoms with Gasteiger partial charge in [0.05, 0.1) is 0 Å². The van der Waals surface area contributed by atoms with Gasteiger partial charge in [0.15, 0.2) is 0 Å². The number of carbonyl (C=O) groups excluding carboxylic acids is 1. The van der Waals surface area contributed by atoms with Crippen LogP contribution in [-0.4, -0.2) is 6.29 Å². The molecule has 0 radical (unpaired) electrons. The molecule has 0 saturated carbocycles. The summed E-state index contributed by atoms with van der Waals surface area (Å²) in [6.45, 7) is 6.20. The standard InChI is InChI=1S/C12H16O/c1-4-5-11-6-9(2)10(3)12(7-11)8-13/h6-8H,4-5H2,1-3H3. The molecule has 0 aromatic heterocycles. The maximum Gasteiger partial charge on any atom is 0.150 e. The summed E-state index contributed by atoms with van der Waals surface area (Å²) in [6, 6.07) is 4.17. The lowest BCUT2D eigenvalue weighted by atomic mass is 9.98. The molecule has 0 bridgehead atoms. The van der Waals surface area contributed by atoms with Gasteiger partial charge in [-0.05, 0) is 43.0 Å². The topological polar surface area (TPSA) is 17.1 Å². The lowest BCUT2D eigenvalue weighted by molar-refractivity contribution is 0.112. The number of hydrogen-bond donors (Lipinski definition) is 0. The maximum atomic E-state index is 10.7. The summed E-state index contributed by atoms with van der Waals surface area (Å²) in [5.41, 5.74) is 4.43. The van der Waals surface area contributed by atoms with Crippen LogP contribution in [0.2, 0.25) is 0 Å². The number of rotatable bonds is 3. The smallest absolute Gasteiger partial charge is 0.150 e. The normalized spacial score (nSPS) is 10.1. The van der Waals surface area contributed by atoms with Gasteiger partial charge in [-0.2, -0.15) is 0 Å². The van der Waals surface area contributed by atoms with Crippen LogP contribution in [0.4, 0.5) is 0 Å². The fourth-order valence-electron chi connectivity index (χ4n) is 1.52. The Morgan fingerprint density at radius 3 is 2.54 bits per heavy atom. The molecule has 13 heavy (non-hydrogen) atoms. The van der Waals surface area contributed by atoms with E-state index in [0.717, 1.165) is 30.3 Å². The molecule has 0 N–H and O–H groups in total. The third-order valence-electron chi connectivity index (χ3n) is 2.43. The molecular weight excluding hydrogens is 160 g/mol. The van der Waals surface area contributed by atoms with Gasteiger partial charge in [-0.1, -0.05) is 19.4 Å². The molecule has 0 unspecified atom stereocenters. The zero-order chi connectivity index (χ0) is 9.84. The van der Waals surface area contributed by atoms with Crippen molar-refractivity contribution in [2.24, 2.45) is 0 Å². The van der Waals surface area contributed by atoms with E-state index in [-0.39, 0.29) is 0 Å². The van der Waals surface area contributed by atoms with Crippen molar-refractivity contribution in [3.05, 3.63) is 34.4 Å². The number of benzene rings is 1. The molecule has 0 fully saturated rings. The highest BCUT2D eigenvalue weighted by atomic mass is 16.1. The number of carbonyl (C=O) groups is 1. The molecule has 0 aliphatic rings. The summed E-state index contributed by atoms with van der Waals surface area (Å²) in [5.74, 6) is 0. The van der Waals surface area contributed by atoms with E-state index in [1.54, 1.807) is 0 Å². The summed E-state index contributed by atoms with van der Waals surface area (Å²) in [4.78, 5) is 10.7. The third-order valence-corrected chi connectivity index (χ3v) is 2.43. The molecule has 0 atom stereocenters. The minimum atomic E-state index is 0.837. The van der Waals surface area contributed by atoms with E-state index in [1.807, 2.05) is 13.0 Å². The lowest BCUT2D eigenvalue weighted by Gasteiger charge is -2.07. The molecule has 1 rings (SSSR count). The second-order valence-corrected chi connectivity index (χ2v) is 3.49. The first kappa shape index (κ1) is 9.97. The Morgan fingerprint density at radius 2 is 2.00 bits per heavy atom. The molecule has 0 saturated heterocycles. The van der Waals surface area contributed by atoms with Crippen molar-refractivity contribution in [3.63, 3.8) is 0 Å². The Balaban J connectivity index is 3.14. The zero-order valence-electron chi connectivity index (χ0n) is 8.55. The van der Waals surface area contributed by atoms with E-state index in [1.165, 1.54) is 11.1 Å². The predicted octanol–water partition coefficient (Wildman–Crippen LogP) is 3.07. The monoisotopic (exact) mass is 176 g/mol. The molecule has 1 aromatic rings. The molecule has 70 valence electrons. The molecular formula is C12H16O. The second kappa shape index (κ2) is 4.22. The van der Waals surface area contributed by atoms with Gasteiger partial charge in [0.25, 0.3) is 0 Å². The minimum absolute atomic E-state index is 0.837. The average Bonchev–Trinajstić information content (AvgIpc) is 2.11. The van der Waals surface area contributed by atoms with Crippen LogP contribution in [0.15, 0.2) is 12.1 Å². The number of aldehydes is 1. The van der Waals surface area contributed by atoms with Gasteiger partial charge in [-0.15, -0.1) is 0 Å². The van der Waals surface area contributed by atoms with Gasteiger partial charge in [0.1, 0.15) is 6.29 Å². The highest BCUT2D eigenvalue weighted by Gasteiger charge is 2.02. The first-order chi connectivity index (χ1) is 6.19. The Bertz CT molecular complexity index is 313. The van der Waals surface area contributed by atoms with E-state index in [2.05, 4.69) is 19.9 Å². The second-order valence-electron chi connectivity index (χ2n) is 3.49. The van der Waals surface area contributed by atoms with E-state index >= 15 is 0 Å². The fourth-order valence-corrected chi connectivity index (χ4v) is 1.52. The minimum Gasteiger partial charge on any atom is -0.298 e. The maximum absolute atomic E-state index is 10.7. The van der Waals surface area contributed by atoms with Gasteiger partial charge in [0, 0.05) is 5.56 Å². The molecule has 0 aliphatic carbocycles. The molecule has 0 aliphatic heterocycles. The molecule has 1 heteroatoms. The SMILES string of the molecule is CCCc1cc(C)c(C)c(C=O)c1. The van der Waals surface area contributed by atoms with Crippen LogP contribution in [0.1, 0.15) is 40.4 Å². The zero-order valence-corrected chi connectivity index (χ0v) is 8.55. The summed E-state index contributed by atoms with van der Waals surface area (Å²) in [6.07, 6.45) is 3.13. The first-order valence-electron chi connectivity index (χ1n) is 4.74. The third kappa shape index (κ3) is 2.18. The van der Waals surface area contributed by atoms with Crippen LogP contribution in [0, 0.1) is 13.8 Å². The Hall–Kier alpha value is -1.11. The fraction of sp³-hybridized carbons (Fsp3) is 0.417. The molecule has 1 nitrogen and oxygen atoms in total. The largest absolute Gasteiger partial charge is 0.298 e. The quantitative estimate of drug-likeness (QED) is 0.647. The Kier molecular flexibility index (Phi) is 3.24. The van der Waals surface area contributed by atoms with Crippen molar-refractivity contribution in [3.8, 4) is 0 Å². The Labute approximate surface area is 79.8 Å². The highest BCUT2D eigenvalue weighted by molar-refractivity contribution is 5.78. The van der Waals surface area contributed by atoms with Gasteiger partial charge in [0.2, 0.25) is 0 Å². The van der Waals surface area contributed by atoms with Gasteiger partial charge < -0.3 is 0 Å². The molecule has 1 aromatic carbocycles. The van der Waals surface area contributed by atoms with Gasteiger partial charge in [-0.25, -0.2) is 0 Å². The first-order valence-corrected chi connectivity index (χ1v) is 4.74. The van der Waals surface area contributed by atoms with Crippen LogP contribution in [0.3, 0.4) is 0 Å². The predicted molar refractivity (Wildman–Crippen MR) is 55.3 cm³/mol. The van der Waals surface area contributed by atoms with Crippen LogP contribution in [-0.2, 0) is 6.42 Å². The van der Waals surface area contributed by atoms with Crippen molar-refractivity contribution < 1.29 is 4.79 Å². The summed E-state index contributed by atoms with van der Waals surface area (Å²) < 4.78 is 0. The summed E-state index contributed by atoms with van der Waals surface area (Å²) in [7, 11) is 0. The lowest BCUT2D eigenvalue weighted by Crippen LogP contribution is -1.94. The summed E-state index contributed by atoms with van der Waals surface area (Å²) in [5, 5.41) is 0. The van der Waals surface area contributed by atoms with Crippen molar-refractivity contribution in [2.45, 2.75) is 33.6 Å². The van der Waals surface area contributed by atoms with Gasteiger partial charge in [-0.3, -0.25) is 4.79 Å².